The van der Waals surface area contributed by atoms with Crippen molar-refractivity contribution in [3.05, 3.63) is 47.8 Å². The molecule has 1 aliphatic carbocycles. The summed E-state index contributed by atoms with van der Waals surface area (Å²) >= 11 is 0. The second-order valence-corrected chi connectivity index (χ2v) is 3.77. The largest absolute Gasteiger partial charge is 0.481 e. The summed E-state index contributed by atoms with van der Waals surface area (Å²) in [5.41, 5.74) is -0.213. The van der Waals surface area contributed by atoms with Crippen molar-refractivity contribution in [3.8, 4) is 0 Å². The Hall–Kier alpha value is -1.64. The quantitative estimate of drug-likeness (QED) is 0.755. The van der Waals surface area contributed by atoms with Gasteiger partial charge in [-0.15, -0.1) is 0 Å². The first-order valence-electron chi connectivity index (χ1n) is 4.80. The third kappa shape index (κ3) is 1.54. The van der Waals surface area contributed by atoms with Crippen molar-refractivity contribution in [3.63, 3.8) is 0 Å². The maximum atomic E-state index is 12.7. The minimum Gasteiger partial charge on any atom is -0.481 e. The summed E-state index contributed by atoms with van der Waals surface area (Å²) in [6.07, 6.45) is 4.68. The molecule has 1 aliphatic rings. The van der Waals surface area contributed by atoms with Crippen LogP contribution in [-0.4, -0.2) is 11.1 Å². The van der Waals surface area contributed by atoms with E-state index in [0.717, 1.165) is 0 Å². The van der Waals surface area contributed by atoms with Crippen LogP contribution in [0, 0.1) is 5.82 Å². The van der Waals surface area contributed by atoms with Gasteiger partial charge in [-0.05, 0) is 30.5 Å². The van der Waals surface area contributed by atoms with Crippen LogP contribution >= 0.6 is 0 Å². The Morgan fingerprint density at radius 3 is 2.20 bits per heavy atom. The van der Waals surface area contributed by atoms with Crippen LogP contribution in [0.2, 0.25) is 0 Å². The molecule has 0 spiro atoms. The molecule has 0 fully saturated rings. The Bertz CT molecular complexity index is 398. The van der Waals surface area contributed by atoms with E-state index < -0.39 is 11.4 Å². The number of allylic oxidation sites excluding steroid dienone is 2. The number of hydrogen-bond acceptors (Lipinski definition) is 1. The second-order valence-electron chi connectivity index (χ2n) is 3.77. The fourth-order valence-corrected chi connectivity index (χ4v) is 1.96. The molecule has 15 heavy (non-hydrogen) atoms. The van der Waals surface area contributed by atoms with Gasteiger partial charge in [0.15, 0.2) is 0 Å². The number of rotatable bonds is 2. The van der Waals surface area contributed by atoms with Gasteiger partial charge >= 0.3 is 5.97 Å². The zero-order chi connectivity index (χ0) is 10.9. The molecule has 0 saturated heterocycles. The Morgan fingerprint density at radius 1 is 1.20 bits per heavy atom. The molecule has 0 heterocycles. The zero-order valence-corrected chi connectivity index (χ0v) is 8.11. The predicted octanol–water partition coefficient (Wildman–Crippen LogP) is 2.50. The first-order chi connectivity index (χ1) is 7.15. The van der Waals surface area contributed by atoms with Gasteiger partial charge in [-0.3, -0.25) is 4.79 Å². The number of carboxylic acids is 1. The van der Waals surface area contributed by atoms with Crippen LogP contribution in [-0.2, 0) is 10.2 Å². The molecule has 0 unspecified atom stereocenters. The standard InChI is InChI=1S/C12H11FO2/c13-10-5-3-9(4-6-10)12(11(14)15)7-1-2-8-12/h1-6H,7-8H2,(H,14,15). The minimum absolute atomic E-state index is 0.342. The predicted molar refractivity (Wildman–Crippen MR) is 54.1 cm³/mol. The lowest BCUT2D eigenvalue weighted by Gasteiger charge is -2.24. The summed E-state index contributed by atoms with van der Waals surface area (Å²) in [6.45, 7) is 0. The number of benzene rings is 1. The van der Waals surface area contributed by atoms with E-state index in [2.05, 4.69) is 0 Å². The lowest BCUT2D eigenvalue weighted by atomic mass is 9.78. The molecular weight excluding hydrogens is 195 g/mol. The lowest BCUT2D eigenvalue weighted by Crippen LogP contribution is -2.32. The molecule has 2 nitrogen and oxygen atoms in total. The van der Waals surface area contributed by atoms with Crippen LogP contribution in [0.4, 0.5) is 4.39 Å². The summed E-state index contributed by atoms with van der Waals surface area (Å²) in [7, 11) is 0. The molecule has 0 radical (unpaired) electrons. The van der Waals surface area contributed by atoms with E-state index in [9.17, 15) is 14.3 Å². The van der Waals surface area contributed by atoms with Crippen molar-refractivity contribution in [2.24, 2.45) is 0 Å². The topological polar surface area (TPSA) is 37.3 Å². The van der Waals surface area contributed by atoms with E-state index in [0.29, 0.717) is 18.4 Å². The number of carboxylic acid groups (broad SMARTS) is 1. The summed E-state index contributed by atoms with van der Waals surface area (Å²) < 4.78 is 12.7. The maximum absolute atomic E-state index is 12.7. The molecular formula is C12H11FO2. The van der Waals surface area contributed by atoms with Gasteiger partial charge in [0.1, 0.15) is 5.82 Å². The summed E-state index contributed by atoms with van der Waals surface area (Å²) in [6, 6.07) is 5.71. The Kier molecular flexibility index (Phi) is 2.31. The highest BCUT2D eigenvalue weighted by atomic mass is 19.1. The number of aliphatic carboxylic acids is 1. The first-order valence-corrected chi connectivity index (χ1v) is 4.80. The molecule has 1 aromatic carbocycles. The average Bonchev–Trinajstić information content (AvgIpc) is 2.69. The molecule has 0 aliphatic heterocycles. The molecule has 2 rings (SSSR count). The van der Waals surface area contributed by atoms with Gasteiger partial charge in [0.2, 0.25) is 0 Å². The fourth-order valence-electron chi connectivity index (χ4n) is 1.96. The lowest BCUT2D eigenvalue weighted by molar-refractivity contribution is -0.143. The van der Waals surface area contributed by atoms with Crippen LogP contribution < -0.4 is 0 Å². The zero-order valence-electron chi connectivity index (χ0n) is 8.11. The molecule has 0 amide bonds. The Labute approximate surface area is 87.0 Å². The Morgan fingerprint density at radius 2 is 1.73 bits per heavy atom. The van der Waals surface area contributed by atoms with Crippen molar-refractivity contribution in [1.82, 2.24) is 0 Å². The first kappa shape index (κ1) is 9.90. The van der Waals surface area contributed by atoms with Gasteiger partial charge in [-0.1, -0.05) is 24.3 Å². The highest BCUT2D eigenvalue weighted by Gasteiger charge is 2.40. The van der Waals surface area contributed by atoms with E-state index in [1.807, 2.05) is 12.2 Å². The van der Waals surface area contributed by atoms with Crippen molar-refractivity contribution in [2.45, 2.75) is 18.3 Å². The van der Waals surface area contributed by atoms with Gasteiger partial charge in [0, 0.05) is 0 Å². The van der Waals surface area contributed by atoms with Gasteiger partial charge in [0.25, 0.3) is 0 Å². The fraction of sp³-hybridized carbons (Fsp3) is 0.250. The third-order valence-corrected chi connectivity index (χ3v) is 2.91. The number of hydrogen-bond donors (Lipinski definition) is 1. The molecule has 0 bridgehead atoms. The van der Waals surface area contributed by atoms with E-state index in [4.69, 9.17) is 0 Å². The highest BCUT2D eigenvalue weighted by Crippen LogP contribution is 2.37. The van der Waals surface area contributed by atoms with Crippen molar-refractivity contribution in [2.75, 3.05) is 0 Å². The highest BCUT2D eigenvalue weighted by molar-refractivity contribution is 5.82. The smallest absolute Gasteiger partial charge is 0.314 e. The van der Waals surface area contributed by atoms with Crippen LogP contribution in [0.15, 0.2) is 36.4 Å². The van der Waals surface area contributed by atoms with Gasteiger partial charge in [-0.25, -0.2) is 4.39 Å². The molecule has 0 aromatic heterocycles. The summed E-state index contributed by atoms with van der Waals surface area (Å²) in [5.74, 6) is -1.19. The van der Waals surface area contributed by atoms with Crippen molar-refractivity contribution < 1.29 is 14.3 Å². The molecule has 78 valence electrons. The molecule has 0 atom stereocenters. The van der Waals surface area contributed by atoms with Gasteiger partial charge in [-0.2, -0.15) is 0 Å². The number of carbonyl (C=O) groups is 1. The molecule has 1 aromatic rings. The molecule has 0 saturated carbocycles. The van der Waals surface area contributed by atoms with Gasteiger partial charge < -0.3 is 5.11 Å². The summed E-state index contributed by atoms with van der Waals surface area (Å²) in [5, 5.41) is 9.25. The minimum atomic E-state index is -0.881. The second kappa shape index (κ2) is 3.50. The maximum Gasteiger partial charge on any atom is 0.314 e. The van der Waals surface area contributed by atoms with Crippen molar-refractivity contribution in [1.29, 1.82) is 0 Å². The van der Waals surface area contributed by atoms with Crippen LogP contribution in [0.5, 0.6) is 0 Å². The SMILES string of the molecule is O=C(O)C1(c2ccc(F)cc2)CC=CC1. The van der Waals surface area contributed by atoms with E-state index in [-0.39, 0.29) is 5.82 Å². The third-order valence-electron chi connectivity index (χ3n) is 2.91. The molecule has 1 N–H and O–H groups in total. The van der Waals surface area contributed by atoms with Gasteiger partial charge in [0.05, 0.1) is 5.41 Å². The summed E-state index contributed by atoms with van der Waals surface area (Å²) in [4.78, 5) is 11.3. The van der Waals surface area contributed by atoms with Crippen LogP contribution in [0.3, 0.4) is 0 Å². The number of halogens is 1. The average molecular weight is 206 g/mol. The van der Waals surface area contributed by atoms with E-state index in [1.54, 1.807) is 12.1 Å². The monoisotopic (exact) mass is 206 g/mol. The normalized spacial score (nSPS) is 17.9. The van der Waals surface area contributed by atoms with Crippen LogP contribution in [0.1, 0.15) is 18.4 Å². The van der Waals surface area contributed by atoms with Crippen LogP contribution in [0.25, 0.3) is 0 Å². The Balaban J connectivity index is 2.42. The van der Waals surface area contributed by atoms with Crippen molar-refractivity contribution >= 4 is 5.97 Å². The van der Waals surface area contributed by atoms with E-state index >= 15 is 0 Å². The van der Waals surface area contributed by atoms with E-state index in [1.165, 1.54) is 12.1 Å². The molecule has 3 heteroatoms.